The Morgan fingerprint density at radius 3 is 2.43 bits per heavy atom. The van der Waals surface area contributed by atoms with Gasteiger partial charge in [0.25, 0.3) is 0 Å². The van der Waals surface area contributed by atoms with Crippen LogP contribution in [0.15, 0.2) is 0 Å². The number of hydrogen-bond donors (Lipinski definition) is 0. The summed E-state index contributed by atoms with van der Waals surface area (Å²) in [4.78, 5) is 25.8. The Hall–Kier alpha value is -1.10. The molecule has 1 saturated heterocycles. The maximum Gasteiger partial charge on any atom is 0.320 e. The molecule has 0 unspecified atom stereocenters. The van der Waals surface area contributed by atoms with Gasteiger partial charge in [-0.15, -0.1) is 0 Å². The second-order valence-electron chi connectivity index (χ2n) is 6.03. The van der Waals surface area contributed by atoms with Gasteiger partial charge in [-0.1, -0.05) is 13.8 Å². The third-order valence-corrected chi connectivity index (χ3v) is 3.84. The lowest BCUT2D eigenvalue weighted by Gasteiger charge is -2.38. The van der Waals surface area contributed by atoms with E-state index in [9.17, 15) is 9.59 Å². The van der Waals surface area contributed by atoms with Crippen molar-refractivity contribution in [3.8, 4) is 0 Å². The molecule has 0 aromatic carbocycles. The van der Waals surface area contributed by atoms with E-state index in [2.05, 4.69) is 18.7 Å². The third kappa shape index (κ3) is 6.04. The number of rotatable bonds is 7. The summed E-state index contributed by atoms with van der Waals surface area (Å²) in [6.45, 7) is 9.88. The number of carbonyl (C=O) groups excluding carboxylic acids is 2. The molecule has 0 bridgehead atoms. The lowest BCUT2D eigenvalue weighted by atomic mass is 9.86. The molecular weight excluding hydrogens is 270 g/mol. The minimum Gasteiger partial charge on any atom is -0.466 e. The van der Waals surface area contributed by atoms with Crippen LogP contribution in [0.3, 0.4) is 0 Å². The number of ether oxygens (including phenoxy) is 2. The Bertz CT molecular complexity index is 343. The molecule has 0 spiro atoms. The molecule has 2 atom stereocenters. The van der Waals surface area contributed by atoms with Crippen molar-refractivity contribution < 1.29 is 19.1 Å². The highest BCUT2D eigenvalue weighted by molar-refractivity contribution is 5.73. The second kappa shape index (κ2) is 9.03. The number of carbonyl (C=O) groups is 2. The highest BCUT2D eigenvalue weighted by atomic mass is 16.5. The van der Waals surface area contributed by atoms with Gasteiger partial charge in [-0.3, -0.25) is 14.5 Å². The normalized spacial score (nSPS) is 23.1. The average Bonchev–Trinajstić information content (AvgIpc) is 2.40. The number of esters is 2. The van der Waals surface area contributed by atoms with Crippen molar-refractivity contribution in [1.29, 1.82) is 0 Å². The lowest BCUT2D eigenvalue weighted by Crippen LogP contribution is -2.47. The quantitative estimate of drug-likeness (QED) is 0.675. The van der Waals surface area contributed by atoms with Crippen molar-refractivity contribution in [3.05, 3.63) is 0 Å². The van der Waals surface area contributed by atoms with Crippen molar-refractivity contribution in [2.75, 3.05) is 26.3 Å². The smallest absolute Gasteiger partial charge is 0.320 e. The monoisotopic (exact) mass is 299 g/mol. The molecule has 0 aromatic heterocycles. The molecular formula is C16H29NO4. The van der Waals surface area contributed by atoms with Crippen molar-refractivity contribution in [3.63, 3.8) is 0 Å². The summed E-state index contributed by atoms with van der Waals surface area (Å²) in [6, 6.07) is 0.248. The van der Waals surface area contributed by atoms with Crippen LogP contribution >= 0.6 is 0 Å². The molecule has 21 heavy (non-hydrogen) atoms. The molecule has 5 nitrogen and oxygen atoms in total. The topological polar surface area (TPSA) is 55.8 Å². The van der Waals surface area contributed by atoms with Crippen molar-refractivity contribution >= 4 is 11.9 Å². The van der Waals surface area contributed by atoms with E-state index in [0.29, 0.717) is 25.7 Å². The Morgan fingerprint density at radius 1 is 1.19 bits per heavy atom. The van der Waals surface area contributed by atoms with Crippen LogP contribution in [0.1, 0.15) is 47.0 Å². The van der Waals surface area contributed by atoms with E-state index in [1.165, 1.54) is 0 Å². The number of hydrogen-bond acceptors (Lipinski definition) is 5. The van der Waals surface area contributed by atoms with Crippen LogP contribution in [0.5, 0.6) is 0 Å². The summed E-state index contributed by atoms with van der Waals surface area (Å²) in [7, 11) is 0. The van der Waals surface area contributed by atoms with E-state index in [1.54, 1.807) is 0 Å². The Labute approximate surface area is 128 Å². The number of likely N-dealkylation sites (tertiary alicyclic amines) is 1. The van der Waals surface area contributed by atoms with Crippen LogP contribution in [0.2, 0.25) is 0 Å². The van der Waals surface area contributed by atoms with Crippen molar-refractivity contribution in [1.82, 2.24) is 4.90 Å². The molecule has 0 amide bonds. The molecule has 0 radical (unpaired) electrons. The van der Waals surface area contributed by atoms with Crippen LogP contribution in [0, 0.1) is 11.8 Å². The summed E-state index contributed by atoms with van der Waals surface area (Å²) in [6.07, 6.45) is 2.51. The molecule has 1 aliphatic rings. The van der Waals surface area contributed by atoms with Crippen LogP contribution in [0.25, 0.3) is 0 Å². The minimum absolute atomic E-state index is 0.0351. The fourth-order valence-corrected chi connectivity index (χ4v) is 2.94. The fourth-order valence-electron chi connectivity index (χ4n) is 2.94. The molecule has 1 fully saturated rings. The third-order valence-electron chi connectivity index (χ3n) is 3.84. The Morgan fingerprint density at radius 2 is 1.86 bits per heavy atom. The summed E-state index contributed by atoms with van der Waals surface area (Å²) >= 11 is 0. The van der Waals surface area contributed by atoms with Gasteiger partial charge in [0.2, 0.25) is 0 Å². The van der Waals surface area contributed by atoms with E-state index < -0.39 is 0 Å². The van der Waals surface area contributed by atoms with Gasteiger partial charge in [0.15, 0.2) is 0 Å². The maximum absolute atomic E-state index is 11.9. The van der Waals surface area contributed by atoms with Gasteiger partial charge >= 0.3 is 11.9 Å². The van der Waals surface area contributed by atoms with Gasteiger partial charge in [0.1, 0.15) is 0 Å². The molecule has 122 valence electrons. The molecule has 0 aromatic rings. The number of nitrogens with zero attached hydrogens (tertiary/aromatic N) is 1. The molecule has 0 N–H and O–H groups in total. The molecule has 0 saturated carbocycles. The lowest BCUT2D eigenvalue weighted by molar-refractivity contribution is -0.151. The van der Waals surface area contributed by atoms with Gasteiger partial charge in [0.05, 0.1) is 25.7 Å². The van der Waals surface area contributed by atoms with E-state index >= 15 is 0 Å². The molecule has 1 rings (SSSR count). The van der Waals surface area contributed by atoms with Gasteiger partial charge in [0, 0.05) is 6.04 Å². The SMILES string of the molecule is CCOC(=O)CN1CC[C@@H](C(=O)OCC)C[C@H]1CC(C)C. The molecule has 0 aliphatic carbocycles. The predicted molar refractivity (Wildman–Crippen MR) is 80.8 cm³/mol. The van der Waals surface area contributed by atoms with Gasteiger partial charge < -0.3 is 9.47 Å². The standard InChI is InChI=1S/C16H29NO4/c1-5-20-15(18)11-17-8-7-13(16(19)21-6-2)10-14(17)9-12(3)4/h12-14H,5-11H2,1-4H3/t13-,14-/m1/s1. The second-order valence-corrected chi connectivity index (χ2v) is 6.03. The Kier molecular flexibility index (Phi) is 7.72. The highest BCUT2D eigenvalue weighted by Gasteiger charge is 2.34. The van der Waals surface area contributed by atoms with E-state index in [-0.39, 0.29) is 23.9 Å². The summed E-state index contributed by atoms with van der Waals surface area (Å²) < 4.78 is 10.2. The van der Waals surface area contributed by atoms with Crippen molar-refractivity contribution in [2.24, 2.45) is 11.8 Å². The first-order valence-electron chi connectivity index (χ1n) is 8.04. The predicted octanol–water partition coefficient (Wildman–Crippen LogP) is 2.24. The first-order valence-corrected chi connectivity index (χ1v) is 8.04. The molecule has 1 aliphatic heterocycles. The van der Waals surface area contributed by atoms with Crippen molar-refractivity contribution in [2.45, 2.75) is 53.0 Å². The zero-order chi connectivity index (χ0) is 15.8. The fraction of sp³-hybridized carbons (Fsp3) is 0.875. The molecule has 5 heteroatoms. The first kappa shape index (κ1) is 18.0. The maximum atomic E-state index is 11.9. The zero-order valence-corrected chi connectivity index (χ0v) is 13.8. The van der Waals surface area contributed by atoms with Gasteiger partial charge in [-0.25, -0.2) is 0 Å². The first-order chi connectivity index (χ1) is 9.97. The highest BCUT2D eigenvalue weighted by Crippen LogP contribution is 2.28. The Balaban J connectivity index is 2.63. The summed E-state index contributed by atoms with van der Waals surface area (Å²) in [5.41, 5.74) is 0. The van der Waals surface area contributed by atoms with E-state index in [1.807, 2.05) is 13.8 Å². The van der Waals surface area contributed by atoms with Crippen LogP contribution < -0.4 is 0 Å². The average molecular weight is 299 g/mol. The number of piperidine rings is 1. The van der Waals surface area contributed by atoms with Crippen LogP contribution in [-0.4, -0.2) is 49.2 Å². The van der Waals surface area contributed by atoms with Crippen LogP contribution in [0.4, 0.5) is 0 Å². The largest absolute Gasteiger partial charge is 0.466 e. The summed E-state index contributed by atoms with van der Waals surface area (Å²) in [5, 5.41) is 0. The zero-order valence-electron chi connectivity index (χ0n) is 13.8. The van der Waals surface area contributed by atoms with E-state index in [4.69, 9.17) is 9.47 Å². The minimum atomic E-state index is -0.180. The van der Waals surface area contributed by atoms with Gasteiger partial charge in [-0.05, 0) is 45.6 Å². The molecule has 1 heterocycles. The van der Waals surface area contributed by atoms with Gasteiger partial charge in [-0.2, -0.15) is 0 Å². The van der Waals surface area contributed by atoms with E-state index in [0.717, 1.165) is 25.8 Å². The summed E-state index contributed by atoms with van der Waals surface area (Å²) in [5.74, 6) is 0.218. The van der Waals surface area contributed by atoms with Crippen LogP contribution in [-0.2, 0) is 19.1 Å².